The van der Waals surface area contributed by atoms with Crippen LogP contribution in [0.15, 0.2) is 17.5 Å². The lowest BCUT2D eigenvalue weighted by atomic mass is 10.2. The number of rotatable bonds is 5. The first kappa shape index (κ1) is 10.9. The van der Waals surface area contributed by atoms with E-state index in [0.29, 0.717) is 6.42 Å². The highest BCUT2D eigenvalue weighted by molar-refractivity contribution is 7.51. The van der Waals surface area contributed by atoms with E-state index < -0.39 is 7.60 Å². The fourth-order valence-corrected chi connectivity index (χ4v) is 2.46. The molecule has 0 atom stereocenters. The van der Waals surface area contributed by atoms with Crippen molar-refractivity contribution in [1.82, 2.24) is 0 Å². The van der Waals surface area contributed by atoms with Crippen LogP contribution in [0.1, 0.15) is 17.7 Å². The fourth-order valence-electron chi connectivity index (χ4n) is 1.07. The Kier molecular flexibility index (Phi) is 4.13. The first-order valence-electron chi connectivity index (χ1n) is 4.15. The predicted octanol–water partition coefficient (Wildman–Crippen LogP) is 2.25. The zero-order valence-corrected chi connectivity index (χ0v) is 8.93. The van der Waals surface area contributed by atoms with Gasteiger partial charge in [-0.25, -0.2) is 0 Å². The maximum Gasteiger partial charge on any atom is 0.325 e. The molecule has 0 unspecified atom stereocenters. The van der Waals surface area contributed by atoms with Gasteiger partial charge in [0.1, 0.15) is 0 Å². The molecule has 0 aliphatic rings. The summed E-state index contributed by atoms with van der Waals surface area (Å²) in [6.07, 6.45) is 2.39. The van der Waals surface area contributed by atoms with Crippen molar-refractivity contribution in [3.05, 3.63) is 22.4 Å². The summed E-state index contributed by atoms with van der Waals surface area (Å²) in [5.41, 5.74) is 0. The molecule has 74 valence electrons. The van der Waals surface area contributed by atoms with Crippen molar-refractivity contribution >= 4 is 18.9 Å². The van der Waals surface area contributed by atoms with Crippen molar-refractivity contribution in [1.29, 1.82) is 0 Å². The minimum atomic E-state index is -3.77. The van der Waals surface area contributed by atoms with Crippen molar-refractivity contribution < 1.29 is 14.4 Å². The normalized spacial score (nSPS) is 11.8. The van der Waals surface area contributed by atoms with Gasteiger partial charge >= 0.3 is 7.60 Å². The van der Waals surface area contributed by atoms with Gasteiger partial charge in [0.15, 0.2) is 0 Å². The molecule has 0 saturated heterocycles. The fraction of sp³-hybridized carbons (Fsp3) is 0.500. The van der Waals surface area contributed by atoms with E-state index >= 15 is 0 Å². The molecule has 1 aromatic heterocycles. The van der Waals surface area contributed by atoms with Gasteiger partial charge in [0.05, 0.1) is 0 Å². The summed E-state index contributed by atoms with van der Waals surface area (Å²) in [5.74, 6) is 0. The molecule has 0 aromatic carbocycles. The van der Waals surface area contributed by atoms with Crippen molar-refractivity contribution in [2.75, 3.05) is 6.16 Å². The topological polar surface area (TPSA) is 57.5 Å². The molecule has 5 heteroatoms. The summed E-state index contributed by atoms with van der Waals surface area (Å²) in [7, 11) is -3.77. The Morgan fingerprint density at radius 1 is 1.38 bits per heavy atom. The van der Waals surface area contributed by atoms with Crippen LogP contribution in [0, 0.1) is 0 Å². The zero-order chi connectivity index (χ0) is 9.73. The first-order valence-corrected chi connectivity index (χ1v) is 6.82. The maximum absolute atomic E-state index is 10.5. The Labute approximate surface area is 81.6 Å². The molecular formula is C8H13O3PS. The predicted molar refractivity (Wildman–Crippen MR) is 54.2 cm³/mol. The second kappa shape index (κ2) is 4.91. The van der Waals surface area contributed by atoms with Crippen molar-refractivity contribution in [2.45, 2.75) is 19.3 Å². The summed E-state index contributed by atoms with van der Waals surface area (Å²) >= 11 is 1.69. The molecule has 0 aliphatic heterocycles. The van der Waals surface area contributed by atoms with E-state index in [4.69, 9.17) is 9.79 Å². The first-order chi connectivity index (χ1) is 6.08. The summed E-state index contributed by atoms with van der Waals surface area (Å²) in [4.78, 5) is 18.5. The Bertz CT molecular complexity index is 278. The van der Waals surface area contributed by atoms with Gasteiger partial charge in [-0.05, 0) is 30.7 Å². The second-order valence-corrected chi connectivity index (χ2v) is 5.73. The van der Waals surface area contributed by atoms with E-state index in [9.17, 15) is 4.57 Å². The number of thiophene rings is 1. The third-order valence-electron chi connectivity index (χ3n) is 1.70. The smallest absolute Gasteiger partial charge is 0.324 e. The minimum absolute atomic E-state index is 0.0123. The van der Waals surface area contributed by atoms with Gasteiger partial charge in [-0.15, -0.1) is 11.3 Å². The van der Waals surface area contributed by atoms with Crippen LogP contribution in [0.4, 0.5) is 0 Å². The van der Waals surface area contributed by atoms with Gasteiger partial charge in [-0.3, -0.25) is 4.57 Å². The van der Waals surface area contributed by atoms with Gasteiger partial charge in [0, 0.05) is 11.0 Å². The van der Waals surface area contributed by atoms with E-state index in [1.165, 1.54) is 4.88 Å². The molecule has 0 fully saturated rings. The van der Waals surface area contributed by atoms with Crippen molar-refractivity contribution in [3.63, 3.8) is 0 Å². The summed E-state index contributed by atoms with van der Waals surface area (Å²) in [6.45, 7) is 0. The van der Waals surface area contributed by atoms with Gasteiger partial charge in [0.25, 0.3) is 0 Å². The average molecular weight is 220 g/mol. The number of unbranched alkanes of at least 4 members (excludes halogenated alkanes) is 1. The highest BCUT2D eigenvalue weighted by atomic mass is 32.1. The van der Waals surface area contributed by atoms with E-state index in [2.05, 4.69) is 0 Å². The Morgan fingerprint density at radius 3 is 2.69 bits per heavy atom. The highest BCUT2D eigenvalue weighted by Crippen LogP contribution is 2.35. The van der Waals surface area contributed by atoms with Crippen LogP contribution in [0.2, 0.25) is 0 Å². The minimum Gasteiger partial charge on any atom is -0.324 e. The summed E-state index contributed by atoms with van der Waals surface area (Å²) in [6, 6.07) is 4.03. The van der Waals surface area contributed by atoms with Crippen LogP contribution in [-0.2, 0) is 11.0 Å². The SMILES string of the molecule is O=P(O)(O)CCCCc1cccs1. The van der Waals surface area contributed by atoms with Crippen LogP contribution in [0.5, 0.6) is 0 Å². The van der Waals surface area contributed by atoms with Crippen molar-refractivity contribution in [2.24, 2.45) is 0 Å². The van der Waals surface area contributed by atoms with Crippen LogP contribution in [-0.4, -0.2) is 15.9 Å². The molecule has 0 radical (unpaired) electrons. The Hall–Kier alpha value is -0.150. The van der Waals surface area contributed by atoms with E-state index in [1.54, 1.807) is 11.3 Å². The zero-order valence-electron chi connectivity index (χ0n) is 7.22. The quantitative estimate of drug-likeness (QED) is 0.591. The van der Waals surface area contributed by atoms with Gasteiger partial charge in [-0.2, -0.15) is 0 Å². The van der Waals surface area contributed by atoms with Gasteiger partial charge in [-0.1, -0.05) is 6.07 Å². The molecule has 2 N–H and O–H groups in total. The van der Waals surface area contributed by atoms with E-state index in [-0.39, 0.29) is 6.16 Å². The van der Waals surface area contributed by atoms with Crippen LogP contribution >= 0.6 is 18.9 Å². The van der Waals surface area contributed by atoms with Gasteiger partial charge in [0.2, 0.25) is 0 Å². The third kappa shape index (κ3) is 5.21. The molecule has 0 spiro atoms. The molecule has 3 nitrogen and oxygen atoms in total. The molecule has 1 aromatic rings. The standard InChI is InChI=1S/C8H13O3PS/c9-12(10,11)6-2-1-4-8-5-3-7-13-8/h3,5,7H,1-2,4,6H2,(H2,9,10,11). The Balaban J connectivity index is 2.12. The molecular weight excluding hydrogens is 207 g/mol. The number of hydrogen-bond acceptors (Lipinski definition) is 2. The lowest BCUT2D eigenvalue weighted by Gasteiger charge is -2.01. The van der Waals surface area contributed by atoms with Crippen LogP contribution in [0.25, 0.3) is 0 Å². The van der Waals surface area contributed by atoms with Crippen LogP contribution < -0.4 is 0 Å². The largest absolute Gasteiger partial charge is 0.325 e. The lowest BCUT2D eigenvalue weighted by Crippen LogP contribution is -1.89. The lowest BCUT2D eigenvalue weighted by molar-refractivity contribution is 0.371. The summed E-state index contributed by atoms with van der Waals surface area (Å²) < 4.78 is 10.5. The molecule has 0 bridgehead atoms. The summed E-state index contributed by atoms with van der Waals surface area (Å²) in [5, 5.41) is 2.01. The third-order valence-corrected chi connectivity index (χ3v) is 3.54. The second-order valence-electron chi connectivity index (χ2n) is 2.92. The molecule has 0 aliphatic carbocycles. The molecule has 1 rings (SSSR count). The molecule has 0 amide bonds. The molecule has 0 saturated carbocycles. The van der Waals surface area contributed by atoms with Crippen LogP contribution in [0.3, 0.4) is 0 Å². The average Bonchev–Trinajstić information content (AvgIpc) is 2.48. The van der Waals surface area contributed by atoms with E-state index in [1.807, 2.05) is 17.5 Å². The number of aryl methyl sites for hydroxylation is 1. The molecule has 13 heavy (non-hydrogen) atoms. The highest BCUT2D eigenvalue weighted by Gasteiger charge is 2.11. The monoisotopic (exact) mass is 220 g/mol. The van der Waals surface area contributed by atoms with E-state index in [0.717, 1.165) is 12.8 Å². The number of hydrogen-bond donors (Lipinski definition) is 2. The van der Waals surface area contributed by atoms with Crippen molar-refractivity contribution in [3.8, 4) is 0 Å². The molecule has 1 heterocycles. The van der Waals surface area contributed by atoms with Gasteiger partial charge < -0.3 is 9.79 Å². The maximum atomic E-state index is 10.5. The Morgan fingerprint density at radius 2 is 2.15 bits per heavy atom.